The van der Waals surface area contributed by atoms with E-state index in [1.165, 1.54) is 12.7 Å². The van der Waals surface area contributed by atoms with E-state index in [2.05, 4.69) is 15.5 Å². The van der Waals surface area contributed by atoms with Crippen LogP contribution in [0.15, 0.2) is 42.7 Å². The smallest absolute Gasteiger partial charge is 0.253 e. The fourth-order valence-electron chi connectivity index (χ4n) is 3.61. The van der Waals surface area contributed by atoms with Gasteiger partial charge < -0.3 is 14.4 Å². The summed E-state index contributed by atoms with van der Waals surface area (Å²) < 4.78 is 12.3. The summed E-state index contributed by atoms with van der Waals surface area (Å²) in [6.45, 7) is 1.58. The quantitative estimate of drug-likeness (QED) is 0.663. The van der Waals surface area contributed by atoms with E-state index < -0.39 is 0 Å². The van der Waals surface area contributed by atoms with Gasteiger partial charge >= 0.3 is 0 Å². The second-order valence-corrected chi connectivity index (χ2v) is 6.95. The van der Waals surface area contributed by atoms with Crippen LogP contribution in [0.1, 0.15) is 29.6 Å². The Morgan fingerprint density at radius 1 is 0.931 bits per heavy atom. The molecule has 1 aliphatic heterocycles. The molecule has 1 amide bonds. The molecule has 8 nitrogen and oxygen atoms in total. The van der Waals surface area contributed by atoms with E-state index in [1.807, 2.05) is 41.3 Å². The average Bonchev–Trinajstić information content (AvgIpc) is 3.33. The van der Waals surface area contributed by atoms with Gasteiger partial charge in [-0.2, -0.15) is 0 Å². The topological polar surface area (TPSA) is 82.4 Å². The van der Waals surface area contributed by atoms with Crippen LogP contribution in [0, 0.1) is 0 Å². The molecule has 1 aliphatic rings. The maximum Gasteiger partial charge on any atom is 0.253 e. The highest BCUT2D eigenvalue weighted by Gasteiger charge is 2.20. The zero-order valence-corrected chi connectivity index (χ0v) is 16.5. The van der Waals surface area contributed by atoms with Gasteiger partial charge in [0.05, 0.1) is 19.9 Å². The van der Waals surface area contributed by atoms with Crippen LogP contribution in [-0.2, 0) is 0 Å². The van der Waals surface area contributed by atoms with Crippen LogP contribution in [0.4, 0.5) is 0 Å². The fraction of sp³-hybridized carbons (Fsp3) is 0.333. The highest BCUT2D eigenvalue weighted by Crippen LogP contribution is 2.33. The lowest BCUT2D eigenvalue weighted by Crippen LogP contribution is -2.35. The predicted molar refractivity (Wildman–Crippen MR) is 107 cm³/mol. The monoisotopic (exact) mass is 393 g/mol. The molecular weight excluding hydrogens is 370 g/mol. The molecule has 4 rings (SSSR count). The van der Waals surface area contributed by atoms with Crippen molar-refractivity contribution in [2.75, 3.05) is 27.3 Å². The van der Waals surface area contributed by atoms with E-state index in [0.29, 0.717) is 17.1 Å². The second-order valence-electron chi connectivity index (χ2n) is 6.95. The number of piperidine rings is 1. The van der Waals surface area contributed by atoms with Crippen LogP contribution in [0.2, 0.25) is 0 Å². The summed E-state index contributed by atoms with van der Waals surface area (Å²) in [4.78, 5) is 15.1. The lowest BCUT2D eigenvalue weighted by atomic mass is 10.00. The van der Waals surface area contributed by atoms with Crippen molar-refractivity contribution in [3.05, 3.63) is 48.3 Å². The summed E-state index contributed by atoms with van der Waals surface area (Å²) >= 11 is 0. The molecule has 1 aromatic heterocycles. The largest absolute Gasteiger partial charge is 0.493 e. The molecule has 1 saturated heterocycles. The molecule has 29 heavy (non-hydrogen) atoms. The third-order valence-electron chi connectivity index (χ3n) is 5.14. The minimum absolute atomic E-state index is 0.0290. The molecule has 0 spiro atoms. The van der Waals surface area contributed by atoms with Crippen molar-refractivity contribution in [2.45, 2.75) is 19.3 Å². The average molecular weight is 393 g/mol. The number of nitrogens with zero attached hydrogens (tertiary/aromatic N) is 5. The molecule has 0 N–H and O–H groups in total. The SMILES string of the molecule is COc1ccc(-c2cc(C(=O)N3CCCCC3)cc(-n3cnnn3)c2)cc1OC. The maximum atomic E-state index is 13.1. The number of tetrazole rings is 1. The second kappa shape index (κ2) is 8.30. The Labute approximate surface area is 169 Å². The van der Waals surface area contributed by atoms with E-state index in [1.54, 1.807) is 18.9 Å². The maximum absolute atomic E-state index is 13.1. The molecule has 0 radical (unpaired) electrons. The summed E-state index contributed by atoms with van der Waals surface area (Å²) in [5, 5.41) is 11.4. The molecule has 2 heterocycles. The third kappa shape index (κ3) is 3.91. The minimum atomic E-state index is 0.0290. The number of carbonyl (C=O) groups excluding carboxylic acids is 1. The van der Waals surface area contributed by atoms with E-state index in [0.717, 1.165) is 42.7 Å². The van der Waals surface area contributed by atoms with E-state index in [9.17, 15) is 4.79 Å². The van der Waals surface area contributed by atoms with Crippen molar-refractivity contribution < 1.29 is 14.3 Å². The molecule has 8 heteroatoms. The first kappa shape index (κ1) is 18.9. The number of rotatable bonds is 5. The molecule has 150 valence electrons. The van der Waals surface area contributed by atoms with Gasteiger partial charge in [-0.1, -0.05) is 6.07 Å². The summed E-state index contributed by atoms with van der Waals surface area (Å²) in [6, 6.07) is 11.4. The highest BCUT2D eigenvalue weighted by atomic mass is 16.5. The molecule has 1 fully saturated rings. The molecule has 0 saturated carbocycles. The molecule has 0 aliphatic carbocycles. The van der Waals surface area contributed by atoms with Crippen LogP contribution in [0.25, 0.3) is 16.8 Å². The molecule has 0 unspecified atom stereocenters. The standard InChI is InChI=1S/C21H23N5O3/c1-28-19-7-6-15(13-20(19)29-2)16-10-17(21(27)25-8-4-3-5-9-25)12-18(11-16)26-14-22-23-24-26/h6-7,10-14H,3-5,8-9H2,1-2H3. The normalized spacial score (nSPS) is 13.9. The first-order valence-corrected chi connectivity index (χ1v) is 9.60. The van der Waals surface area contributed by atoms with Crippen molar-refractivity contribution in [3.8, 4) is 28.3 Å². The van der Waals surface area contributed by atoms with Gasteiger partial charge in [0.15, 0.2) is 11.5 Å². The van der Waals surface area contributed by atoms with Gasteiger partial charge in [-0.05, 0) is 71.1 Å². The van der Waals surface area contributed by atoms with E-state index in [-0.39, 0.29) is 5.91 Å². The Kier molecular flexibility index (Phi) is 5.41. The van der Waals surface area contributed by atoms with Crippen LogP contribution >= 0.6 is 0 Å². The van der Waals surface area contributed by atoms with Gasteiger partial charge in [-0.3, -0.25) is 4.79 Å². The summed E-state index contributed by atoms with van der Waals surface area (Å²) in [5.41, 5.74) is 3.12. The fourth-order valence-corrected chi connectivity index (χ4v) is 3.61. The molecule has 3 aromatic rings. The summed E-state index contributed by atoms with van der Waals surface area (Å²) in [7, 11) is 3.20. The number of benzene rings is 2. The van der Waals surface area contributed by atoms with E-state index >= 15 is 0 Å². The van der Waals surface area contributed by atoms with Gasteiger partial charge in [0.25, 0.3) is 5.91 Å². The summed E-state index contributed by atoms with van der Waals surface area (Å²) in [5.74, 6) is 1.31. The van der Waals surface area contributed by atoms with Crippen molar-refractivity contribution in [3.63, 3.8) is 0 Å². The van der Waals surface area contributed by atoms with Crippen LogP contribution in [0.5, 0.6) is 11.5 Å². The summed E-state index contributed by atoms with van der Waals surface area (Å²) in [6.07, 6.45) is 4.77. The first-order valence-electron chi connectivity index (χ1n) is 9.60. The third-order valence-corrected chi connectivity index (χ3v) is 5.14. The van der Waals surface area contributed by atoms with Crippen molar-refractivity contribution in [2.24, 2.45) is 0 Å². The van der Waals surface area contributed by atoms with E-state index in [4.69, 9.17) is 9.47 Å². The van der Waals surface area contributed by atoms with Crippen LogP contribution < -0.4 is 9.47 Å². The lowest BCUT2D eigenvalue weighted by molar-refractivity contribution is 0.0724. The number of likely N-dealkylation sites (tertiary alicyclic amines) is 1. The van der Waals surface area contributed by atoms with Crippen molar-refractivity contribution in [1.29, 1.82) is 0 Å². The lowest BCUT2D eigenvalue weighted by Gasteiger charge is -2.27. The minimum Gasteiger partial charge on any atom is -0.493 e. The Bertz CT molecular complexity index is 998. The Hall–Kier alpha value is -3.42. The Morgan fingerprint density at radius 2 is 1.72 bits per heavy atom. The first-order chi connectivity index (χ1) is 14.2. The Morgan fingerprint density at radius 3 is 2.41 bits per heavy atom. The molecule has 0 atom stereocenters. The van der Waals surface area contributed by atoms with Gasteiger partial charge in [0, 0.05) is 18.7 Å². The number of hydrogen-bond acceptors (Lipinski definition) is 6. The van der Waals surface area contributed by atoms with Crippen LogP contribution in [0.3, 0.4) is 0 Å². The zero-order chi connectivity index (χ0) is 20.2. The predicted octanol–water partition coefficient (Wildman–Crippen LogP) is 2.97. The van der Waals surface area contributed by atoms with Gasteiger partial charge in [0.1, 0.15) is 6.33 Å². The van der Waals surface area contributed by atoms with Gasteiger partial charge in [-0.25, -0.2) is 4.68 Å². The van der Waals surface area contributed by atoms with Gasteiger partial charge in [0.2, 0.25) is 0 Å². The highest BCUT2D eigenvalue weighted by molar-refractivity contribution is 5.96. The number of hydrogen-bond donors (Lipinski definition) is 0. The van der Waals surface area contributed by atoms with Gasteiger partial charge in [-0.15, -0.1) is 5.10 Å². The van der Waals surface area contributed by atoms with Crippen molar-refractivity contribution in [1.82, 2.24) is 25.1 Å². The number of ether oxygens (including phenoxy) is 2. The molecular formula is C21H23N5O3. The Balaban J connectivity index is 1.79. The molecule has 0 bridgehead atoms. The van der Waals surface area contributed by atoms with Crippen LogP contribution in [-0.4, -0.2) is 58.3 Å². The molecule has 2 aromatic carbocycles. The number of aromatic nitrogens is 4. The number of amides is 1. The number of methoxy groups -OCH3 is 2. The van der Waals surface area contributed by atoms with Crippen molar-refractivity contribution >= 4 is 5.91 Å². The zero-order valence-electron chi connectivity index (χ0n) is 16.5. The number of carbonyl (C=O) groups is 1.